The Morgan fingerprint density at radius 2 is 2.00 bits per heavy atom. The van der Waals surface area contributed by atoms with Gasteiger partial charge < -0.3 is 10.1 Å². The van der Waals surface area contributed by atoms with Gasteiger partial charge in [-0.2, -0.15) is 14.4 Å². The highest BCUT2D eigenvalue weighted by Gasteiger charge is 2.24. The molecule has 3 rings (SSSR count). The van der Waals surface area contributed by atoms with Gasteiger partial charge in [0.25, 0.3) is 0 Å². The molecular weight excluding hydrogens is 268 g/mol. The number of imidazole rings is 1. The standard InChI is InChI=1S/C12H7ClN4O2/c13-9-4-2-8(3-5-9)10-11(17(18)19)16-7-1-6-14-12(16)15-10/h1-7H. The number of nitro groups is 1. The number of hydrogen-bond acceptors (Lipinski definition) is 4. The molecule has 2 heterocycles. The predicted molar refractivity (Wildman–Crippen MR) is 70.1 cm³/mol. The van der Waals surface area contributed by atoms with Gasteiger partial charge in [-0.1, -0.05) is 23.7 Å². The first kappa shape index (κ1) is 11.6. The van der Waals surface area contributed by atoms with Crippen LogP contribution in [0.1, 0.15) is 0 Å². The lowest BCUT2D eigenvalue weighted by molar-refractivity contribution is -0.389. The molecule has 0 bridgehead atoms. The Morgan fingerprint density at radius 3 is 2.68 bits per heavy atom. The molecule has 0 spiro atoms. The van der Waals surface area contributed by atoms with Crippen molar-refractivity contribution in [3.8, 4) is 11.3 Å². The molecule has 0 aliphatic heterocycles. The van der Waals surface area contributed by atoms with Gasteiger partial charge in [0.1, 0.15) is 6.20 Å². The molecule has 0 aliphatic carbocycles. The number of rotatable bonds is 2. The molecule has 0 atom stereocenters. The van der Waals surface area contributed by atoms with Gasteiger partial charge >= 0.3 is 11.6 Å². The van der Waals surface area contributed by atoms with Crippen LogP contribution < -0.4 is 0 Å². The summed E-state index contributed by atoms with van der Waals surface area (Å²) in [4.78, 5) is 19.0. The van der Waals surface area contributed by atoms with Crippen molar-refractivity contribution in [1.82, 2.24) is 14.4 Å². The molecule has 3 aromatic rings. The van der Waals surface area contributed by atoms with Crippen LogP contribution in [-0.4, -0.2) is 19.3 Å². The maximum atomic E-state index is 11.2. The van der Waals surface area contributed by atoms with E-state index in [2.05, 4.69) is 9.97 Å². The average Bonchev–Trinajstić information content (AvgIpc) is 2.78. The molecule has 0 saturated heterocycles. The molecule has 0 saturated carbocycles. The fraction of sp³-hybridized carbons (Fsp3) is 0. The van der Waals surface area contributed by atoms with Crippen LogP contribution in [-0.2, 0) is 0 Å². The van der Waals surface area contributed by atoms with Gasteiger partial charge in [-0.3, -0.25) is 0 Å². The second-order valence-corrected chi connectivity index (χ2v) is 4.27. The van der Waals surface area contributed by atoms with Gasteiger partial charge in [-0.15, -0.1) is 0 Å². The number of aromatic nitrogens is 3. The third-order valence-corrected chi connectivity index (χ3v) is 2.92. The zero-order chi connectivity index (χ0) is 13.4. The summed E-state index contributed by atoms with van der Waals surface area (Å²) in [5.41, 5.74) is 0.905. The van der Waals surface area contributed by atoms with Gasteiger partial charge in [0.2, 0.25) is 0 Å². The topological polar surface area (TPSA) is 73.3 Å². The van der Waals surface area contributed by atoms with E-state index in [1.165, 1.54) is 10.6 Å². The van der Waals surface area contributed by atoms with Gasteiger partial charge in [-0.25, -0.2) is 0 Å². The summed E-state index contributed by atoms with van der Waals surface area (Å²) in [6, 6.07) is 8.33. The van der Waals surface area contributed by atoms with Gasteiger partial charge in [0.05, 0.1) is 0 Å². The zero-order valence-electron chi connectivity index (χ0n) is 9.52. The maximum Gasteiger partial charge on any atom is 0.357 e. The minimum absolute atomic E-state index is 0.106. The molecule has 0 radical (unpaired) electrons. The van der Waals surface area contributed by atoms with E-state index in [0.717, 1.165) is 0 Å². The van der Waals surface area contributed by atoms with E-state index < -0.39 is 4.92 Å². The second kappa shape index (κ2) is 4.33. The Kier molecular flexibility index (Phi) is 2.64. The zero-order valence-corrected chi connectivity index (χ0v) is 10.3. The molecule has 0 amide bonds. The maximum absolute atomic E-state index is 11.2. The largest absolute Gasteiger partial charge is 0.358 e. The minimum Gasteiger partial charge on any atom is -0.358 e. The minimum atomic E-state index is -0.467. The Hall–Kier alpha value is -2.47. The Bertz CT molecular complexity index is 767. The molecular formula is C12H7ClN4O2. The molecule has 0 fully saturated rings. The van der Waals surface area contributed by atoms with E-state index in [1.807, 2.05) is 0 Å². The summed E-state index contributed by atoms with van der Waals surface area (Å²) >= 11 is 5.81. The quantitative estimate of drug-likeness (QED) is 0.532. The first-order chi connectivity index (χ1) is 9.16. The predicted octanol–water partition coefficient (Wildman–Crippen LogP) is 2.96. The molecule has 0 N–H and O–H groups in total. The summed E-state index contributed by atoms with van der Waals surface area (Å²) < 4.78 is 1.35. The number of halogens is 1. The van der Waals surface area contributed by atoms with Crippen LogP contribution in [0.4, 0.5) is 5.82 Å². The molecule has 19 heavy (non-hydrogen) atoms. The molecule has 0 unspecified atom stereocenters. The highest BCUT2D eigenvalue weighted by atomic mass is 35.5. The molecule has 0 aliphatic rings. The smallest absolute Gasteiger partial charge is 0.357 e. The molecule has 7 heteroatoms. The van der Waals surface area contributed by atoms with Crippen molar-refractivity contribution >= 4 is 23.2 Å². The lowest BCUT2D eigenvalue weighted by atomic mass is 10.1. The molecule has 94 valence electrons. The van der Waals surface area contributed by atoms with Crippen LogP contribution in [0.5, 0.6) is 0 Å². The highest BCUT2D eigenvalue weighted by Crippen LogP contribution is 2.30. The number of nitrogens with zero attached hydrogens (tertiary/aromatic N) is 4. The first-order valence-electron chi connectivity index (χ1n) is 5.40. The number of fused-ring (bicyclic) bond motifs is 1. The van der Waals surface area contributed by atoms with Crippen molar-refractivity contribution < 1.29 is 4.92 Å². The van der Waals surface area contributed by atoms with E-state index in [1.54, 1.807) is 36.5 Å². The number of benzene rings is 1. The summed E-state index contributed by atoms with van der Waals surface area (Å²) in [5.74, 6) is 0.185. The third-order valence-electron chi connectivity index (χ3n) is 2.67. The summed E-state index contributed by atoms with van der Waals surface area (Å²) in [6.45, 7) is 0. The van der Waals surface area contributed by atoms with E-state index >= 15 is 0 Å². The summed E-state index contributed by atoms with van der Waals surface area (Å²) in [7, 11) is 0. The van der Waals surface area contributed by atoms with Crippen molar-refractivity contribution in [2.75, 3.05) is 0 Å². The van der Waals surface area contributed by atoms with E-state index in [-0.39, 0.29) is 11.5 Å². The summed E-state index contributed by atoms with van der Waals surface area (Å²) in [5, 5.41) is 11.8. The van der Waals surface area contributed by atoms with Crippen molar-refractivity contribution in [1.29, 1.82) is 0 Å². The summed E-state index contributed by atoms with van der Waals surface area (Å²) in [6.07, 6.45) is 3.10. The van der Waals surface area contributed by atoms with E-state index in [0.29, 0.717) is 16.4 Å². The molecule has 6 nitrogen and oxygen atoms in total. The van der Waals surface area contributed by atoms with E-state index in [9.17, 15) is 10.1 Å². The van der Waals surface area contributed by atoms with Crippen molar-refractivity contribution in [3.05, 3.63) is 57.9 Å². The fourth-order valence-electron chi connectivity index (χ4n) is 1.85. The van der Waals surface area contributed by atoms with Crippen molar-refractivity contribution in [2.24, 2.45) is 0 Å². The lowest BCUT2D eigenvalue weighted by Crippen LogP contribution is -1.95. The Balaban J connectivity index is 2.31. The van der Waals surface area contributed by atoms with Crippen molar-refractivity contribution in [2.45, 2.75) is 0 Å². The monoisotopic (exact) mass is 274 g/mol. The van der Waals surface area contributed by atoms with Gasteiger partial charge in [-0.05, 0) is 23.1 Å². The van der Waals surface area contributed by atoms with Gasteiger partial charge in [0, 0.05) is 16.8 Å². The third kappa shape index (κ3) is 1.92. The second-order valence-electron chi connectivity index (χ2n) is 3.84. The van der Waals surface area contributed by atoms with Crippen LogP contribution in [0.3, 0.4) is 0 Å². The Morgan fingerprint density at radius 1 is 1.26 bits per heavy atom. The normalized spacial score (nSPS) is 10.8. The van der Waals surface area contributed by atoms with Crippen LogP contribution in [0, 0.1) is 10.1 Å². The van der Waals surface area contributed by atoms with E-state index in [4.69, 9.17) is 11.6 Å². The first-order valence-corrected chi connectivity index (χ1v) is 5.78. The van der Waals surface area contributed by atoms with Crippen molar-refractivity contribution in [3.63, 3.8) is 0 Å². The average molecular weight is 275 g/mol. The highest BCUT2D eigenvalue weighted by molar-refractivity contribution is 6.30. The number of hydrogen-bond donors (Lipinski definition) is 0. The van der Waals surface area contributed by atoms with Crippen LogP contribution >= 0.6 is 11.6 Å². The fourth-order valence-corrected chi connectivity index (χ4v) is 1.98. The van der Waals surface area contributed by atoms with Crippen LogP contribution in [0.2, 0.25) is 5.02 Å². The Labute approximate surface area is 112 Å². The SMILES string of the molecule is O=[N+]([O-])c1c(-c2ccc(Cl)cc2)nc2ncccn12. The molecule has 2 aromatic heterocycles. The van der Waals surface area contributed by atoms with Crippen LogP contribution in [0.15, 0.2) is 42.7 Å². The van der Waals surface area contributed by atoms with Crippen LogP contribution in [0.25, 0.3) is 17.0 Å². The molecule has 1 aromatic carbocycles. The lowest BCUT2D eigenvalue weighted by Gasteiger charge is -1.98. The van der Waals surface area contributed by atoms with Gasteiger partial charge in [0.15, 0.2) is 5.69 Å².